The third-order valence-electron chi connectivity index (χ3n) is 3.06. The molecule has 1 heterocycles. The number of fused-ring (bicyclic) bond motifs is 1. The van der Waals surface area contributed by atoms with Crippen molar-refractivity contribution < 1.29 is 0 Å². The van der Waals surface area contributed by atoms with Crippen molar-refractivity contribution in [3.05, 3.63) is 48.0 Å². The molecule has 5 heteroatoms. The molecule has 0 fully saturated rings. The van der Waals surface area contributed by atoms with Crippen molar-refractivity contribution in [2.24, 2.45) is 0 Å². The summed E-state index contributed by atoms with van der Waals surface area (Å²) in [4.78, 5) is 4.70. The number of rotatable bonds is 3. The Kier molecular flexibility index (Phi) is 6.46. The van der Waals surface area contributed by atoms with Crippen LogP contribution in [0, 0.1) is 6.92 Å². The summed E-state index contributed by atoms with van der Waals surface area (Å²) in [5.41, 5.74) is 4.70. The van der Waals surface area contributed by atoms with E-state index in [-0.39, 0.29) is 24.8 Å². The molecule has 0 aliphatic rings. The lowest BCUT2D eigenvalue weighted by Gasteiger charge is -2.03. The van der Waals surface area contributed by atoms with Crippen LogP contribution >= 0.6 is 36.2 Å². The zero-order valence-corrected chi connectivity index (χ0v) is 14.4. The molecule has 0 radical (unpaired) electrons. The van der Waals surface area contributed by atoms with Gasteiger partial charge in [-0.1, -0.05) is 6.07 Å². The molecule has 3 aromatic rings. The largest absolute Gasteiger partial charge is 0.385 e. The number of anilines is 1. The minimum atomic E-state index is 0. The maximum atomic E-state index is 4.70. The zero-order chi connectivity index (χ0) is 13.2. The first-order valence-electron chi connectivity index (χ1n) is 6.48. The molecule has 3 rings (SSSR count). The maximum absolute atomic E-state index is 4.70. The lowest BCUT2D eigenvalue weighted by molar-refractivity contribution is 1.21. The Balaban J connectivity index is 0.00000110. The molecule has 1 aromatic heterocycles. The van der Waals surface area contributed by atoms with Crippen molar-refractivity contribution in [3.63, 3.8) is 0 Å². The number of thiazole rings is 1. The van der Waals surface area contributed by atoms with Crippen molar-refractivity contribution in [2.75, 3.05) is 11.9 Å². The van der Waals surface area contributed by atoms with Gasteiger partial charge in [0.2, 0.25) is 0 Å². The standard InChI is InChI=1S/C16H16N2S.2ClH/c1-3-17-13-7-5-12(6-8-13)16-18-14-9-4-11(2)10-15(14)19-16;;/h4-10,17H,3H2,1-2H3;2*1H. The highest BCUT2D eigenvalue weighted by Gasteiger charge is 2.06. The lowest BCUT2D eigenvalue weighted by atomic mass is 10.2. The Labute approximate surface area is 141 Å². The van der Waals surface area contributed by atoms with Gasteiger partial charge in [0, 0.05) is 17.8 Å². The van der Waals surface area contributed by atoms with Crippen LogP contribution < -0.4 is 5.32 Å². The molecule has 0 saturated heterocycles. The Morgan fingerprint density at radius 2 is 1.76 bits per heavy atom. The molecule has 0 saturated carbocycles. The summed E-state index contributed by atoms with van der Waals surface area (Å²) in [6, 6.07) is 14.9. The Bertz CT molecular complexity index is 708. The molecule has 1 N–H and O–H groups in total. The number of nitrogens with zero attached hydrogens (tertiary/aromatic N) is 1. The Morgan fingerprint density at radius 1 is 1.05 bits per heavy atom. The van der Waals surface area contributed by atoms with Crippen LogP contribution in [0.4, 0.5) is 5.69 Å². The molecule has 112 valence electrons. The van der Waals surface area contributed by atoms with E-state index >= 15 is 0 Å². The van der Waals surface area contributed by atoms with E-state index < -0.39 is 0 Å². The number of halogens is 2. The normalized spacial score (nSPS) is 9.81. The highest BCUT2D eigenvalue weighted by molar-refractivity contribution is 7.21. The van der Waals surface area contributed by atoms with Gasteiger partial charge >= 0.3 is 0 Å². The smallest absolute Gasteiger partial charge is 0.124 e. The quantitative estimate of drug-likeness (QED) is 0.676. The van der Waals surface area contributed by atoms with Gasteiger partial charge in [0.25, 0.3) is 0 Å². The predicted molar refractivity (Wildman–Crippen MR) is 98.5 cm³/mol. The van der Waals surface area contributed by atoms with Gasteiger partial charge in [-0.25, -0.2) is 4.98 Å². The monoisotopic (exact) mass is 340 g/mol. The minimum Gasteiger partial charge on any atom is -0.385 e. The first-order valence-corrected chi connectivity index (χ1v) is 7.29. The van der Waals surface area contributed by atoms with Gasteiger partial charge in [0.1, 0.15) is 5.01 Å². The molecule has 0 amide bonds. The second-order valence-corrected chi connectivity index (χ2v) is 5.63. The first kappa shape index (κ1) is 17.8. The van der Waals surface area contributed by atoms with Crippen LogP contribution in [0.5, 0.6) is 0 Å². The van der Waals surface area contributed by atoms with E-state index in [0.29, 0.717) is 0 Å². The van der Waals surface area contributed by atoms with Gasteiger partial charge in [-0.05, 0) is 55.8 Å². The molecule has 0 atom stereocenters. The third kappa shape index (κ3) is 3.88. The fourth-order valence-electron chi connectivity index (χ4n) is 2.09. The van der Waals surface area contributed by atoms with Crippen LogP contribution in [0.15, 0.2) is 42.5 Å². The van der Waals surface area contributed by atoms with Crippen molar-refractivity contribution in [1.82, 2.24) is 4.98 Å². The molecule has 0 aliphatic carbocycles. The molecular weight excluding hydrogens is 323 g/mol. The highest BCUT2D eigenvalue weighted by atomic mass is 35.5. The average molecular weight is 341 g/mol. The predicted octanol–water partition coefficient (Wildman–Crippen LogP) is 5.55. The second kappa shape index (κ2) is 7.64. The van der Waals surface area contributed by atoms with E-state index in [9.17, 15) is 0 Å². The lowest BCUT2D eigenvalue weighted by Crippen LogP contribution is -1.95. The van der Waals surface area contributed by atoms with Crippen LogP contribution in [0.3, 0.4) is 0 Å². The van der Waals surface area contributed by atoms with Crippen molar-refractivity contribution >= 4 is 52.1 Å². The average Bonchev–Trinajstić information content (AvgIpc) is 2.83. The molecule has 21 heavy (non-hydrogen) atoms. The number of hydrogen-bond donors (Lipinski definition) is 1. The van der Waals surface area contributed by atoms with E-state index in [1.54, 1.807) is 11.3 Å². The number of benzene rings is 2. The summed E-state index contributed by atoms with van der Waals surface area (Å²) in [5.74, 6) is 0. The van der Waals surface area contributed by atoms with E-state index in [4.69, 9.17) is 4.98 Å². The summed E-state index contributed by atoms with van der Waals surface area (Å²) >= 11 is 1.75. The van der Waals surface area contributed by atoms with Gasteiger partial charge in [-0.15, -0.1) is 36.2 Å². The second-order valence-electron chi connectivity index (χ2n) is 4.60. The van der Waals surface area contributed by atoms with Crippen LogP contribution in [-0.4, -0.2) is 11.5 Å². The van der Waals surface area contributed by atoms with Gasteiger partial charge in [0.05, 0.1) is 10.2 Å². The van der Waals surface area contributed by atoms with E-state index in [2.05, 4.69) is 61.6 Å². The maximum Gasteiger partial charge on any atom is 0.124 e. The fourth-order valence-corrected chi connectivity index (χ4v) is 3.16. The third-order valence-corrected chi connectivity index (χ3v) is 4.12. The van der Waals surface area contributed by atoms with Crippen LogP contribution in [-0.2, 0) is 0 Å². The van der Waals surface area contributed by atoms with E-state index in [1.807, 2.05) is 0 Å². The summed E-state index contributed by atoms with van der Waals surface area (Å²) in [6.45, 7) is 5.16. The highest BCUT2D eigenvalue weighted by Crippen LogP contribution is 2.31. The molecule has 2 nitrogen and oxygen atoms in total. The van der Waals surface area contributed by atoms with Gasteiger partial charge in [-0.3, -0.25) is 0 Å². The van der Waals surface area contributed by atoms with Crippen LogP contribution in [0.2, 0.25) is 0 Å². The summed E-state index contributed by atoms with van der Waals surface area (Å²) in [6.07, 6.45) is 0. The van der Waals surface area contributed by atoms with Crippen LogP contribution in [0.25, 0.3) is 20.8 Å². The molecule has 0 aliphatic heterocycles. The van der Waals surface area contributed by atoms with Gasteiger partial charge in [0.15, 0.2) is 0 Å². The molecule has 0 spiro atoms. The number of aromatic nitrogens is 1. The first-order chi connectivity index (χ1) is 9.26. The molecule has 2 aromatic carbocycles. The Hall–Kier alpha value is -1.29. The SMILES string of the molecule is CCNc1ccc(-c2nc3ccc(C)cc3s2)cc1.Cl.Cl. The number of nitrogens with one attached hydrogen (secondary N) is 1. The summed E-state index contributed by atoms with van der Waals surface area (Å²) < 4.78 is 1.26. The summed E-state index contributed by atoms with van der Waals surface area (Å²) in [5, 5.41) is 4.39. The number of hydrogen-bond acceptors (Lipinski definition) is 3. The summed E-state index contributed by atoms with van der Waals surface area (Å²) in [7, 11) is 0. The van der Waals surface area contributed by atoms with Crippen LogP contribution in [0.1, 0.15) is 12.5 Å². The van der Waals surface area contributed by atoms with E-state index in [1.165, 1.54) is 15.8 Å². The topological polar surface area (TPSA) is 24.9 Å². The molecule has 0 bridgehead atoms. The van der Waals surface area contributed by atoms with Gasteiger partial charge in [-0.2, -0.15) is 0 Å². The van der Waals surface area contributed by atoms with Crippen molar-refractivity contribution in [1.29, 1.82) is 0 Å². The number of aryl methyl sites for hydroxylation is 1. The zero-order valence-electron chi connectivity index (χ0n) is 11.9. The molecule has 0 unspecified atom stereocenters. The van der Waals surface area contributed by atoms with Gasteiger partial charge < -0.3 is 5.32 Å². The molecular formula is C16H18Cl2N2S. The van der Waals surface area contributed by atoms with E-state index in [0.717, 1.165) is 22.8 Å². The Morgan fingerprint density at radius 3 is 2.43 bits per heavy atom. The van der Waals surface area contributed by atoms with Crippen molar-refractivity contribution in [2.45, 2.75) is 13.8 Å². The minimum absolute atomic E-state index is 0. The fraction of sp³-hybridized carbons (Fsp3) is 0.188. The van der Waals surface area contributed by atoms with Crippen molar-refractivity contribution in [3.8, 4) is 10.6 Å².